The number of nitrogens with one attached hydrogen (secondary N) is 1. The van der Waals surface area contributed by atoms with Gasteiger partial charge in [-0.05, 0) is 47.7 Å². The molecule has 0 spiro atoms. The first-order chi connectivity index (χ1) is 12.8. The van der Waals surface area contributed by atoms with Crippen molar-refractivity contribution in [1.29, 1.82) is 0 Å². The van der Waals surface area contributed by atoms with Crippen molar-refractivity contribution in [2.75, 3.05) is 0 Å². The van der Waals surface area contributed by atoms with Gasteiger partial charge in [0.25, 0.3) is 0 Å². The molecule has 2 aromatic carbocycles. The molecule has 130 valence electrons. The van der Waals surface area contributed by atoms with Crippen molar-refractivity contribution in [2.45, 2.75) is 32.6 Å². The first kappa shape index (κ1) is 16.6. The fraction of sp³-hybridized carbons (Fsp3) is 0.208. The Labute approximate surface area is 154 Å². The van der Waals surface area contributed by atoms with Crippen molar-refractivity contribution in [2.24, 2.45) is 0 Å². The molecule has 0 aliphatic carbocycles. The van der Waals surface area contributed by atoms with Crippen LogP contribution < -0.4 is 0 Å². The van der Waals surface area contributed by atoms with Gasteiger partial charge < -0.3 is 4.98 Å². The molecular weight excluding hydrogens is 316 g/mol. The predicted octanol–water partition coefficient (Wildman–Crippen LogP) is 6.62. The van der Waals surface area contributed by atoms with Crippen LogP contribution in [-0.4, -0.2) is 9.97 Å². The quantitative estimate of drug-likeness (QED) is 0.310. The van der Waals surface area contributed by atoms with Gasteiger partial charge in [0.1, 0.15) is 5.65 Å². The molecule has 0 fully saturated rings. The number of aryl methyl sites for hydroxylation is 1. The predicted molar refractivity (Wildman–Crippen MR) is 112 cm³/mol. The summed E-state index contributed by atoms with van der Waals surface area (Å²) >= 11 is 0. The van der Waals surface area contributed by atoms with Crippen molar-refractivity contribution >= 4 is 34.1 Å². The van der Waals surface area contributed by atoms with Crippen LogP contribution >= 0.6 is 0 Å². The van der Waals surface area contributed by atoms with Gasteiger partial charge in [-0.3, -0.25) is 0 Å². The second kappa shape index (κ2) is 7.57. The van der Waals surface area contributed by atoms with Gasteiger partial charge in [-0.25, -0.2) is 4.98 Å². The summed E-state index contributed by atoms with van der Waals surface area (Å²) in [5.74, 6) is 0. The van der Waals surface area contributed by atoms with Crippen molar-refractivity contribution < 1.29 is 0 Å². The number of H-pyrrole nitrogens is 1. The lowest BCUT2D eigenvalue weighted by molar-refractivity contribution is 0.716. The zero-order chi connectivity index (χ0) is 17.8. The topological polar surface area (TPSA) is 28.7 Å². The summed E-state index contributed by atoms with van der Waals surface area (Å²) in [5, 5.41) is 2.48. The van der Waals surface area contributed by atoms with E-state index in [9.17, 15) is 0 Å². The monoisotopic (exact) mass is 340 g/mol. The minimum atomic E-state index is 0.975. The lowest BCUT2D eigenvalue weighted by Gasteiger charge is -2.01. The van der Waals surface area contributed by atoms with Crippen LogP contribution in [0.1, 0.15) is 42.9 Å². The molecule has 0 aliphatic rings. The van der Waals surface area contributed by atoms with E-state index in [0.717, 1.165) is 17.6 Å². The summed E-state index contributed by atoms with van der Waals surface area (Å²) in [6.45, 7) is 2.24. The molecule has 1 N–H and O–H groups in total. The number of hydrogen-bond acceptors (Lipinski definition) is 1. The first-order valence-corrected chi connectivity index (χ1v) is 9.47. The van der Waals surface area contributed by atoms with Gasteiger partial charge in [-0.15, -0.1) is 0 Å². The van der Waals surface area contributed by atoms with Crippen LogP contribution in [0.2, 0.25) is 0 Å². The van der Waals surface area contributed by atoms with Crippen LogP contribution in [0.15, 0.2) is 60.8 Å². The molecule has 0 bridgehead atoms. The van der Waals surface area contributed by atoms with Gasteiger partial charge in [-0.2, -0.15) is 0 Å². The van der Waals surface area contributed by atoms with E-state index in [2.05, 4.69) is 77.6 Å². The van der Waals surface area contributed by atoms with E-state index < -0.39 is 0 Å². The third-order valence-electron chi connectivity index (χ3n) is 4.87. The standard InChI is InChI=1S/C24H24N2/c1-2-3-5-10-20-16-22-21-15-19(12-11-18-8-6-4-7-9-18)13-14-23(21)26-24(22)25-17-20/h4,6-9,11-17H,2-3,5,10H2,1H3,(H,25,26)/b12-11+. The third kappa shape index (κ3) is 3.55. The molecule has 0 atom stereocenters. The maximum absolute atomic E-state index is 4.65. The smallest absolute Gasteiger partial charge is 0.138 e. The summed E-state index contributed by atoms with van der Waals surface area (Å²) in [5.41, 5.74) is 5.88. The Morgan fingerprint density at radius 3 is 2.58 bits per heavy atom. The second-order valence-electron chi connectivity index (χ2n) is 6.87. The lowest BCUT2D eigenvalue weighted by atomic mass is 10.1. The van der Waals surface area contributed by atoms with Crippen LogP contribution in [0.5, 0.6) is 0 Å². The molecule has 0 radical (unpaired) electrons. The molecular formula is C24H24N2. The first-order valence-electron chi connectivity index (χ1n) is 9.47. The highest BCUT2D eigenvalue weighted by Gasteiger charge is 2.07. The summed E-state index contributed by atoms with van der Waals surface area (Å²) in [6, 6.07) is 19.3. The number of rotatable bonds is 6. The van der Waals surface area contributed by atoms with E-state index in [0.29, 0.717) is 0 Å². The Kier molecular flexibility index (Phi) is 4.83. The van der Waals surface area contributed by atoms with E-state index in [1.807, 2.05) is 12.3 Å². The van der Waals surface area contributed by atoms with Crippen LogP contribution in [0.3, 0.4) is 0 Å². The Balaban J connectivity index is 1.68. The second-order valence-corrected chi connectivity index (χ2v) is 6.87. The molecule has 2 nitrogen and oxygen atoms in total. The normalized spacial score (nSPS) is 11.7. The highest BCUT2D eigenvalue weighted by atomic mass is 14.8. The summed E-state index contributed by atoms with van der Waals surface area (Å²) < 4.78 is 0. The molecule has 2 heterocycles. The van der Waals surface area contributed by atoms with Crippen LogP contribution in [0.25, 0.3) is 34.1 Å². The van der Waals surface area contributed by atoms with E-state index in [4.69, 9.17) is 0 Å². The molecule has 2 heteroatoms. The largest absolute Gasteiger partial charge is 0.339 e. The minimum absolute atomic E-state index is 0.975. The molecule has 0 saturated carbocycles. The number of hydrogen-bond donors (Lipinski definition) is 1. The van der Waals surface area contributed by atoms with E-state index >= 15 is 0 Å². The number of benzene rings is 2. The average molecular weight is 340 g/mol. The maximum atomic E-state index is 4.65. The Morgan fingerprint density at radius 2 is 1.73 bits per heavy atom. The molecule has 26 heavy (non-hydrogen) atoms. The number of pyridine rings is 1. The van der Waals surface area contributed by atoms with Gasteiger partial charge >= 0.3 is 0 Å². The molecule has 0 amide bonds. The van der Waals surface area contributed by atoms with Crippen molar-refractivity contribution in [3.05, 3.63) is 77.5 Å². The number of nitrogens with zero attached hydrogens (tertiary/aromatic N) is 1. The number of unbranched alkanes of at least 4 members (excludes halogenated alkanes) is 2. The fourth-order valence-corrected chi connectivity index (χ4v) is 3.41. The zero-order valence-electron chi connectivity index (χ0n) is 15.2. The Morgan fingerprint density at radius 1 is 0.885 bits per heavy atom. The van der Waals surface area contributed by atoms with Gasteiger partial charge in [0.2, 0.25) is 0 Å². The van der Waals surface area contributed by atoms with Crippen molar-refractivity contribution in [3.8, 4) is 0 Å². The highest BCUT2D eigenvalue weighted by molar-refractivity contribution is 6.06. The highest BCUT2D eigenvalue weighted by Crippen LogP contribution is 2.27. The summed E-state index contributed by atoms with van der Waals surface area (Å²) in [7, 11) is 0. The lowest BCUT2D eigenvalue weighted by Crippen LogP contribution is -1.87. The van der Waals surface area contributed by atoms with Gasteiger partial charge in [0.05, 0.1) is 0 Å². The zero-order valence-corrected chi connectivity index (χ0v) is 15.2. The summed E-state index contributed by atoms with van der Waals surface area (Å²) in [6.07, 6.45) is 11.2. The number of aromatic nitrogens is 2. The molecule has 0 aliphatic heterocycles. The van der Waals surface area contributed by atoms with Gasteiger partial charge in [-0.1, -0.05) is 68.3 Å². The van der Waals surface area contributed by atoms with Gasteiger partial charge in [0.15, 0.2) is 0 Å². The summed E-state index contributed by atoms with van der Waals surface area (Å²) in [4.78, 5) is 8.09. The SMILES string of the molecule is CCCCCc1cnc2[nH]c3ccc(/C=C/c4ccccc4)cc3c2c1. The van der Waals surface area contributed by atoms with Crippen LogP contribution in [-0.2, 0) is 6.42 Å². The maximum Gasteiger partial charge on any atom is 0.138 e. The van der Waals surface area contributed by atoms with Crippen LogP contribution in [0, 0.1) is 0 Å². The van der Waals surface area contributed by atoms with E-state index in [-0.39, 0.29) is 0 Å². The Hall–Kier alpha value is -2.87. The minimum Gasteiger partial charge on any atom is -0.339 e. The number of fused-ring (bicyclic) bond motifs is 3. The fourth-order valence-electron chi connectivity index (χ4n) is 3.41. The van der Waals surface area contributed by atoms with E-state index in [1.165, 1.54) is 46.7 Å². The van der Waals surface area contributed by atoms with E-state index in [1.54, 1.807) is 0 Å². The third-order valence-corrected chi connectivity index (χ3v) is 4.87. The average Bonchev–Trinajstić information content (AvgIpc) is 3.05. The molecule has 0 saturated heterocycles. The van der Waals surface area contributed by atoms with Crippen LogP contribution in [0.4, 0.5) is 0 Å². The molecule has 0 unspecified atom stereocenters. The van der Waals surface area contributed by atoms with Crippen molar-refractivity contribution in [3.63, 3.8) is 0 Å². The number of aromatic amines is 1. The van der Waals surface area contributed by atoms with Crippen molar-refractivity contribution in [1.82, 2.24) is 9.97 Å². The van der Waals surface area contributed by atoms with Gasteiger partial charge in [0, 0.05) is 22.5 Å². The molecule has 2 aromatic heterocycles. The molecule has 4 rings (SSSR count). The molecule has 4 aromatic rings. The Bertz CT molecular complexity index is 1040.